The van der Waals surface area contributed by atoms with Crippen LogP contribution in [0.3, 0.4) is 0 Å². The quantitative estimate of drug-likeness (QED) is 0.749. The largest absolute Gasteiger partial charge is 0.416 e. The molecule has 2 aliphatic rings. The fourth-order valence-corrected chi connectivity index (χ4v) is 3.45. The number of amides is 3. The van der Waals surface area contributed by atoms with Crippen LogP contribution in [0.5, 0.6) is 0 Å². The zero-order chi connectivity index (χ0) is 19.8. The van der Waals surface area contributed by atoms with Crippen LogP contribution in [0, 0.1) is 0 Å². The monoisotopic (exact) mass is 384 g/mol. The summed E-state index contributed by atoms with van der Waals surface area (Å²) in [6.07, 6.45) is -4.36. The summed E-state index contributed by atoms with van der Waals surface area (Å²) in [4.78, 5) is 31.0. The maximum Gasteiger partial charge on any atom is 0.416 e. The summed E-state index contributed by atoms with van der Waals surface area (Å²) in [5.41, 5.74) is -0.111. The minimum Gasteiger partial charge on any atom is -0.369 e. The van der Waals surface area contributed by atoms with Crippen molar-refractivity contribution in [2.45, 2.75) is 26.1 Å². The molecule has 0 aromatic heterocycles. The third kappa shape index (κ3) is 4.18. The van der Waals surface area contributed by atoms with E-state index in [0.717, 1.165) is 6.07 Å². The molecule has 0 atom stereocenters. The lowest BCUT2D eigenvalue weighted by atomic mass is 10.1. The van der Waals surface area contributed by atoms with Crippen LogP contribution in [0.25, 0.3) is 0 Å². The van der Waals surface area contributed by atoms with Crippen molar-refractivity contribution in [3.8, 4) is 0 Å². The molecule has 3 rings (SSSR count). The highest BCUT2D eigenvalue weighted by Crippen LogP contribution is 2.31. The number of benzene rings is 1. The highest BCUT2D eigenvalue weighted by Gasteiger charge is 2.38. The summed E-state index contributed by atoms with van der Waals surface area (Å²) < 4.78 is 38.7. The Morgan fingerprint density at radius 1 is 1.07 bits per heavy atom. The third-order valence-electron chi connectivity index (χ3n) is 4.87. The first-order valence-electron chi connectivity index (χ1n) is 8.92. The van der Waals surface area contributed by atoms with E-state index in [9.17, 15) is 22.8 Å². The van der Waals surface area contributed by atoms with E-state index in [0.29, 0.717) is 38.5 Å². The molecule has 9 heteroatoms. The Morgan fingerprint density at radius 2 is 1.74 bits per heavy atom. The molecule has 0 radical (unpaired) electrons. The first-order valence-corrected chi connectivity index (χ1v) is 8.92. The van der Waals surface area contributed by atoms with Gasteiger partial charge >= 0.3 is 12.2 Å². The molecule has 1 aromatic rings. The molecule has 2 heterocycles. The summed E-state index contributed by atoms with van der Waals surface area (Å²) in [5.74, 6) is -0.197. The second-order valence-corrected chi connectivity index (χ2v) is 7.13. The minimum atomic E-state index is -4.36. The standard InChI is InChI=1S/C18H23F3N4O2/c1-13(2)25-16(26)11-24(17(25)27)12-22-6-8-23(9-7-22)15-5-3-4-14(10-15)18(19,20)21/h3-5,10,13H,6-9,11-12H2,1-2H3. The number of rotatable bonds is 4. The predicted molar refractivity (Wildman–Crippen MR) is 94.2 cm³/mol. The van der Waals surface area contributed by atoms with Gasteiger partial charge in [-0.2, -0.15) is 13.2 Å². The van der Waals surface area contributed by atoms with E-state index < -0.39 is 11.7 Å². The Hall–Kier alpha value is -2.29. The topological polar surface area (TPSA) is 47.1 Å². The van der Waals surface area contributed by atoms with Gasteiger partial charge in [0.05, 0.1) is 12.2 Å². The van der Waals surface area contributed by atoms with Gasteiger partial charge in [0, 0.05) is 37.9 Å². The van der Waals surface area contributed by atoms with Gasteiger partial charge in [-0.3, -0.25) is 14.6 Å². The molecule has 2 fully saturated rings. The van der Waals surface area contributed by atoms with Crippen LogP contribution >= 0.6 is 0 Å². The number of hydrogen-bond donors (Lipinski definition) is 0. The average Bonchev–Trinajstić information content (AvgIpc) is 2.88. The second-order valence-electron chi connectivity index (χ2n) is 7.13. The number of anilines is 1. The molecule has 0 bridgehead atoms. The van der Waals surface area contributed by atoms with Gasteiger partial charge in [-0.05, 0) is 32.0 Å². The molecular formula is C18H23F3N4O2. The lowest BCUT2D eigenvalue weighted by molar-refractivity contribution is -0.137. The highest BCUT2D eigenvalue weighted by molar-refractivity contribution is 6.02. The van der Waals surface area contributed by atoms with Crippen molar-refractivity contribution in [3.05, 3.63) is 29.8 Å². The van der Waals surface area contributed by atoms with E-state index in [-0.39, 0.29) is 24.5 Å². The molecule has 0 N–H and O–H groups in total. The smallest absolute Gasteiger partial charge is 0.369 e. The summed E-state index contributed by atoms with van der Waals surface area (Å²) in [6, 6.07) is 4.87. The minimum absolute atomic E-state index is 0.0743. The van der Waals surface area contributed by atoms with Crippen molar-refractivity contribution in [3.63, 3.8) is 0 Å². The van der Waals surface area contributed by atoms with Gasteiger partial charge < -0.3 is 9.80 Å². The van der Waals surface area contributed by atoms with Crippen molar-refractivity contribution in [2.24, 2.45) is 0 Å². The Morgan fingerprint density at radius 3 is 2.30 bits per heavy atom. The van der Waals surface area contributed by atoms with E-state index in [1.165, 1.54) is 21.9 Å². The maximum absolute atomic E-state index is 12.9. The molecule has 2 saturated heterocycles. The molecule has 0 aliphatic carbocycles. The van der Waals surface area contributed by atoms with Crippen LogP contribution in [0.4, 0.5) is 23.7 Å². The van der Waals surface area contributed by atoms with Crippen LogP contribution in [0.2, 0.25) is 0 Å². The van der Waals surface area contributed by atoms with Gasteiger partial charge in [0.2, 0.25) is 0 Å². The number of carbonyl (C=O) groups excluding carboxylic acids is 2. The highest BCUT2D eigenvalue weighted by atomic mass is 19.4. The molecule has 3 amide bonds. The Balaban J connectivity index is 1.57. The SMILES string of the molecule is CC(C)N1C(=O)CN(CN2CCN(c3cccc(C(F)(F)F)c3)CC2)C1=O. The Bertz CT molecular complexity index is 715. The Labute approximate surface area is 156 Å². The molecule has 0 spiro atoms. The number of piperazine rings is 1. The molecular weight excluding hydrogens is 361 g/mol. The van der Waals surface area contributed by atoms with Crippen molar-refractivity contribution >= 4 is 17.6 Å². The summed E-state index contributed by atoms with van der Waals surface area (Å²) >= 11 is 0. The van der Waals surface area contributed by atoms with Crippen molar-refractivity contribution < 1.29 is 22.8 Å². The van der Waals surface area contributed by atoms with E-state index >= 15 is 0 Å². The first-order chi connectivity index (χ1) is 12.7. The fourth-order valence-electron chi connectivity index (χ4n) is 3.45. The number of nitrogens with zero attached hydrogens (tertiary/aromatic N) is 4. The van der Waals surface area contributed by atoms with E-state index in [2.05, 4.69) is 0 Å². The number of imide groups is 1. The van der Waals surface area contributed by atoms with E-state index in [4.69, 9.17) is 0 Å². The van der Waals surface area contributed by atoms with Gasteiger partial charge in [0.25, 0.3) is 5.91 Å². The van der Waals surface area contributed by atoms with Gasteiger partial charge in [0.15, 0.2) is 0 Å². The lowest BCUT2D eigenvalue weighted by Gasteiger charge is -2.37. The first kappa shape index (κ1) is 19.5. The molecule has 1 aromatic carbocycles. The van der Waals surface area contributed by atoms with Crippen molar-refractivity contribution in [1.29, 1.82) is 0 Å². The van der Waals surface area contributed by atoms with Gasteiger partial charge in [-0.25, -0.2) is 4.79 Å². The molecule has 0 saturated carbocycles. The number of hydrogen-bond acceptors (Lipinski definition) is 4. The number of halogens is 3. The fraction of sp³-hybridized carbons (Fsp3) is 0.556. The molecule has 2 aliphatic heterocycles. The van der Waals surface area contributed by atoms with E-state index in [1.54, 1.807) is 19.9 Å². The second kappa shape index (κ2) is 7.38. The maximum atomic E-state index is 12.9. The van der Waals surface area contributed by atoms with Crippen LogP contribution in [-0.2, 0) is 11.0 Å². The van der Waals surface area contributed by atoms with Gasteiger partial charge in [-0.15, -0.1) is 0 Å². The average molecular weight is 384 g/mol. The summed E-state index contributed by atoms with van der Waals surface area (Å²) in [5, 5.41) is 0. The molecule has 27 heavy (non-hydrogen) atoms. The normalized spacial score (nSPS) is 19.6. The van der Waals surface area contributed by atoms with Crippen molar-refractivity contribution in [2.75, 3.05) is 44.3 Å². The molecule has 6 nitrogen and oxygen atoms in total. The predicted octanol–water partition coefficient (Wildman–Crippen LogP) is 2.46. The molecule has 0 unspecified atom stereocenters. The molecule has 148 valence electrons. The van der Waals surface area contributed by atoms with Gasteiger partial charge in [0.1, 0.15) is 6.54 Å². The zero-order valence-corrected chi connectivity index (χ0v) is 15.4. The van der Waals surface area contributed by atoms with E-state index in [1.807, 2.05) is 9.80 Å². The number of carbonyl (C=O) groups is 2. The Kier molecular flexibility index (Phi) is 5.32. The zero-order valence-electron chi connectivity index (χ0n) is 15.4. The van der Waals surface area contributed by atoms with Crippen molar-refractivity contribution in [1.82, 2.24) is 14.7 Å². The van der Waals surface area contributed by atoms with Crippen LogP contribution < -0.4 is 4.90 Å². The summed E-state index contributed by atoms with van der Waals surface area (Å²) in [7, 11) is 0. The van der Waals surface area contributed by atoms with Gasteiger partial charge in [-0.1, -0.05) is 6.07 Å². The summed E-state index contributed by atoms with van der Waals surface area (Å²) in [6.45, 7) is 6.36. The number of alkyl halides is 3. The van der Waals surface area contributed by atoms with Crippen LogP contribution in [0.15, 0.2) is 24.3 Å². The lowest BCUT2D eigenvalue weighted by Crippen LogP contribution is -2.51. The third-order valence-corrected chi connectivity index (χ3v) is 4.87. The number of urea groups is 1. The van der Waals surface area contributed by atoms with Crippen LogP contribution in [-0.4, -0.2) is 72.1 Å². The van der Waals surface area contributed by atoms with Crippen LogP contribution in [0.1, 0.15) is 19.4 Å².